The highest BCUT2D eigenvalue weighted by molar-refractivity contribution is 5.92. The van der Waals surface area contributed by atoms with E-state index in [-0.39, 0.29) is 12.5 Å². The molecule has 1 amide bonds. The maximum Gasteiger partial charge on any atom is 0.249 e. The highest BCUT2D eigenvalue weighted by atomic mass is 16.2. The molecule has 0 rings (SSSR count). The van der Waals surface area contributed by atoms with Crippen molar-refractivity contribution in [2.75, 3.05) is 19.7 Å². The normalized spacial score (nSPS) is 10.8. The van der Waals surface area contributed by atoms with Crippen molar-refractivity contribution in [2.24, 2.45) is 0 Å². The van der Waals surface area contributed by atoms with E-state index < -0.39 is 0 Å². The molecule has 0 aliphatic carbocycles. The van der Waals surface area contributed by atoms with Gasteiger partial charge in [0.2, 0.25) is 5.91 Å². The van der Waals surface area contributed by atoms with Crippen LogP contribution in [0.15, 0.2) is 24.3 Å². The van der Waals surface area contributed by atoms with Crippen molar-refractivity contribution in [2.45, 2.75) is 39.5 Å². The van der Waals surface area contributed by atoms with Gasteiger partial charge < -0.3 is 10.0 Å². The van der Waals surface area contributed by atoms with Crippen LogP contribution in [0.4, 0.5) is 0 Å². The quantitative estimate of drug-likeness (QED) is 0.381. The second-order valence-electron chi connectivity index (χ2n) is 4.17. The zero-order valence-electron chi connectivity index (χ0n) is 11.1. The summed E-state index contributed by atoms with van der Waals surface area (Å²) in [5, 5.41) is 8.62. The highest BCUT2D eigenvalue weighted by Crippen LogP contribution is 2.02. The molecule has 0 aliphatic heterocycles. The molecule has 0 bridgehead atoms. The molecule has 0 aliphatic rings. The van der Waals surface area contributed by atoms with Gasteiger partial charge in [-0.3, -0.25) is 4.79 Å². The fourth-order valence-corrected chi connectivity index (χ4v) is 1.50. The molecule has 0 saturated carbocycles. The molecule has 0 spiro atoms. The van der Waals surface area contributed by atoms with E-state index in [9.17, 15) is 4.79 Å². The van der Waals surface area contributed by atoms with Gasteiger partial charge in [0.15, 0.2) is 0 Å². The van der Waals surface area contributed by atoms with Crippen LogP contribution in [-0.4, -0.2) is 35.6 Å². The molecule has 3 nitrogen and oxygen atoms in total. The molecule has 0 aromatic rings. The summed E-state index contributed by atoms with van der Waals surface area (Å²) in [7, 11) is 0. The van der Waals surface area contributed by atoms with E-state index >= 15 is 0 Å². The Morgan fingerprint density at radius 1 is 1.29 bits per heavy atom. The summed E-state index contributed by atoms with van der Waals surface area (Å²) in [6.07, 6.45) is 8.18. The molecule has 1 N–H and O–H groups in total. The number of amides is 1. The predicted octanol–water partition coefficient (Wildman–Crippen LogP) is 2.52. The minimum atomic E-state index is 0.0254. The smallest absolute Gasteiger partial charge is 0.249 e. The molecule has 0 aromatic carbocycles. The maximum absolute atomic E-state index is 11.6. The van der Waals surface area contributed by atoms with E-state index in [2.05, 4.69) is 12.7 Å². The lowest BCUT2D eigenvalue weighted by Gasteiger charge is -2.18. The number of aliphatic hydroxyl groups excluding tert-OH is 1. The summed E-state index contributed by atoms with van der Waals surface area (Å²) in [5.74, 6) is 0.0254. The molecule has 3 heteroatoms. The fraction of sp³-hybridized carbons (Fsp3) is 0.643. The van der Waals surface area contributed by atoms with Crippen molar-refractivity contribution in [1.29, 1.82) is 0 Å². The molecule has 98 valence electrons. The first-order valence-corrected chi connectivity index (χ1v) is 6.34. The number of aliphatic hydroxyl groups is 1. The van der Waals surface area contributed by atoms with Crippen molar-refractivity contribution in [3.8, 4) is 0 Å². The van der Waals surface area contributed by atoms with Crippen molar-refractivity contribution < 1.29 is 9.90 Å². The number of carbonyl (C=O) groups excluding carboxylic acids is 1. The Hall–Kier alpha value is -1.09. The number of nitrogens with zero attached hydrogens (tertiary/aromatic N) is 1. The Balaban J connectivity index is 3.79. The number of hydrogen-bond donors (Lipinski definition) is 1. The largest absolute Gasteiger partial charge is 0.396 e. The van der Waals surface area contributed by atoms with Crippen molar-refractivity contribution in [1.82, 2.24) is 4.90 Å². The number of unbranched alkanes of at least 4 members (excludes halogenated alkanes) is 3. The zero-order valence-corrected chi connectivity index (χ0v) is 11.1. The van der Waals surface area contributed by atoms with Crippen LogP contribution in [-0.2, 0) is 4.79 Å². The van der Waals surface area contributed by atoms with Crippen LogP contribution in [0, 0.1) is 0 Å². The number of likely N-dealkylation sites (N-methyl/N-ethyl adjacent to an activating group) is 1. The molecule has 17 heavy (non-hydrogen) atoms. The first kappa shape index (κ1) is 15.9. The average Bonchev–Trinajstić information content (AvgIpc) is 2.32. The summed E-state index contributed by atoms with van der Waals surface area (Å²) < 4.78 is 0. The van der Waals surface area contributed by atoms with Crippen LogP contribution in [0.1, 0.15) is 39.5 Å². The Morgan fingerprint density at radius 3 is 2.53 bits per heavy atom. The summed E-state index contributed by atoms with van der Waals surface area (Å²) in [4.78, 5) is 13.4. The van der Waals surface area contributed by atoms with Crippen molar-refractivity contribution in [3.63, 3.8) is 0 Å². The first-order valence-electron chi connectivity index (χ1n) is 6.34. The SMILES string of the molecule is C=C(C)C(=O)N(CC)C/C=C/CCCCCO. The second-order valence-corrected chi connectivity index (χ2v) is 4.17. The van der Waals surface area contributed by atoms with Gasteiger partial charge >= 0.3 is 0 Å². The van der Waals surface area contributed by atoms with E-state index in [0.29, 0.717) is 18.7 Å². The Kier molecular flexibility index (Phi) is 9.44. The summed E-state index contributed by atoms with van der Waals surface area (Å²) in [6, 6.07) is 0. The summed E-state index contributed by atoms with van der Waals surface area (Å²) >= 11 is 0. The van der Waals surface area contributed by atoms with Gasteiger partial charge in [-0.25, -0.2) is 0 Å². The monoisotopic (exact) mass is 239 g/mol. The van der Waals surface area contributed by atoms with Crippen LogP contribution in [0.25, 0.3) is 0 Å². The zero-order chi connectivity index (χ0) is 13.1. The van der Waals surface area contributed by atoms with Crippen LogP contribution in [0.3, 0.4) is 0 Å². The average molecular weight is 239 g/mol. The van der Waals surface area contributed by atoms with Crippen molar-refractivity contribution in [3.05, 3.63) is 24.3 Å². The lowest BCUT2D eigenvalue weighted by Crippen LogP contribution is -2.31. The van der Waals surface area contributed by atoms with Gasteiger partial charge in [0.1, 0.15) is 0 Å². The van der Waals surface area contributed by atoms with Crippen LogP contribution in [0.5, 0.6) is 0 Å². The molecular weight excluding hydrogens is 214 g/mol. The molecule has 0 fully saturated rings. The minimum Gasteiger partial charge on any atom is -0.396 e. The van der Waals surface area contributed by atoms with E-state index in [0.717, 1.165) is 25.7 Å². The highest BCUT2D eigenvalue weighted by Gasteiger charge is 2.09. The molecule has 0 unspecified atom stereocenters. The number of carbonyl (C=O) groups is 1. The molecule has 0 radical (unpaired) electrons. The Labute approximate surface area is 105 Å². The van der Waals surface area contributed by atoms with Crippen LogP contribution < -0.4 is 0 Å². The number of hydrogen-bond acceptors (Lipinski definition) is 2. The number of allylic oxidation sites excluding steroid dienone is 1. The fourth-order valence-electron chi connectivity index (χ4n) is 1.50. The minimum absolute atomic E-state index is 0.0254. The van der Waals surface area contributed by atoms with Gasteiger partial charge in [-0.1, -0.05) is 25.2 Å². The second kappa shape index (κ2) is 10.1. The van der Waals surface area contributed by atoms with E-state index in [1.165, 1.54) is 0 Å². The van der Waals surface area contributed by atoms with Crippen LogP contribution >= 0.6 is 0 Å². The van der Waals surface area contributed by atoms with E-state index in [1.807, 2.05) is 13.0 Å². The lowest BCUT2D eigenvalue weighted by atomic mass is 10.2. The third-order valence-corrected chi connectivity index (χ3v) is 2.56. The van der Waals surface area contributed by atoms with Gasteiger partial charge in [0.25, 0.3) is 0 Å². The van der Waals surface area contributed by atoms with Gasteiger partial charge in [-0.15, -0.1) is 0 Å². The first-order chi connectivity index (χ1) is 8.13. The third-order valence-electron chi connectivity index (χ3n) is 2.56. The standard InChI is InChI=1S/C14H25NO2/c1-4-15(14(17)13(2)3)11-9-7-5-6-8-10-12-16/h7,9,16H,2,4-6,8,10-12H2,1,3H3/b9-7+. The molecule has 0 heterocycles. The molecular formula is C14H25NO2. The molecule has 0 saturated heterocycles. The predicted molar refractivity (Wildman–Crippen MR) is 71.8 cm³/mol. The Morgan fingerprint density at radius 2 is 2.00 bits per heavy atom. The van der Waals surface area contributed by atoms with Gasteiger partial charge in [0.05, 0.1) is 0 Å². The van der Waals surface area contributed by atoms with E-state index in [1.54, 1.807) is 11.8 Å². The Bertz CT molecular complexity index is 259. The summed E-state index contributed by atoms with van der Waals surface area (Å²) in [5.41, 5.74) is 0.586. The van der Waals surface area contributed by atoms with Gasteiger partial charge in [-0.05, 0) is 33.1 Å². The maximum atomic E-state index is 11.6. The van der Waals surface area contributed by atoms with Crippen molar-refractivity contribution >= 4 is 5.91 Å². The lowest BCUT2D eigenvalue weighted by molar-refractivity contribution is -0.126. The topological polar surface area (TPSA) is 40.5 Å². The molecule has 0 atom stereocenters. The molecule has 0 aromatic heterocycles. The van der Waals surface area contributed by atoms with Gasteiger partial charge in [-0.2, -0.15) is 0 Å². The van der Waals surface area contributed by atoms with Gasteiger partial charge in [0, 0.05) is 25.3 Å². The number of rotatable bonds is 9. The van der Waals surface area contributed by atoms with Crippen LogP contribution in [0.2, 0.25) is 0 Å². The summed E-state index contributed by atoms with van der Waals surface area (Å²) in [6.45, 7) is 9.01. The van der Waals surface area contributed by atoms with E-state index in [4.69, 9.17) is 5.11 Å². The third kappa shape index (κ3) is 7.75.